The molecule has 4 aromatic carbocycles. The highest BCUT2D eigenvalue weighted by Gasteiger charge is 2.49. The summed E-state index contributed by atoms with van der Waals surface area (Å²) in [6.45, 7) is 11.8. The van der Waals surface area contributed by atoms with Crippen LogP contribution in [-0.2, 0) is 5.41 Å². The topological polar surface area (TPSA) is 46.1 Å². The fourth-order valence-corrected chi connectivity index (χ4v) is 6.62. The molecular weight excluding hydrogens is 494 g/mol. The number of nitrogens with zero attached hydrogens (tertiary/aromatic N) is 2. The smallest absolute Gasteiger partial charge is 0.151 e. The van der Waals surface area contributed by atoms with E-state index in [0.29, 0.717) is 0 Å². The molecule has 2 aliphatic rings. The van der Waals surface area contributed by atoms with Gasteiger partial charge in [-0.05, 0) is 86.2 Å². The first-order valence-corrected chi connectivity index (χ1v) is 14.8. The van der Waals surface area contributed by atoms with Gasteiger partial charge in [0.2, 0.25) is 0 Å². The van der Waals surface area contributed by atoms with E-state index < -0.39 is 5.60 Å². The van der Waals surface area contributed by atoms with Crippen molar-refractivity contribution in [2.75, 3.05) is 37.0 Å². The van der Waals surface area contributed by atoms with Gasteiger partial charge in [-0.1, -0.05) is 38.1 Å². The van der Waals surface area contributed by atoms with Crippen LogP contribution in [0.2, 0.25) is 0 Å². The van der Waals surface area contributed by atoms with Crippen molar-refractivity contribution in [2.45, 2.75) is 64.4 Å². The Labute approximate surface area is 238 Å². The second-order valence-corrected chi connectivity index (χ2v) is 11.6. The van der Waals surface area contributed by atoms with Crippen molar-refractivity contribution in [2.24, 2.45) is 4.99 Å². The third-order valence-electron chi connectivity index (χ3n) is 9.37. The summed E-state index contributed by atoms with van der Waals surface area (Å²) in [5, 5.41) is 8.46. The molecule has 0 spiro atoms. The number of fused-ring (bicyclic) bond motifs is 4. The summed E-state index contributed by atoms with van der Waals surface area (Å²) in [5.74, 6) is 1.71. The maximum absolute atomic E-state index is 7.14. The second kappa shape index (κ2) is 10.3. The van der Waals surface area contributed by atoms with Gasteiger partial charge in [0.05, 0.1) is 7.11 Å². The zero-order valence-electron chi connectivity index (χ0n) is 24.5. The molecule has 0 aromatic heterocycles. The largest absolute Gasteiger partial charge is 0.497 e. The lowest BCUT2D eigenvalue weighted by Crippen LogP contribution is -2.54. The summed E-state index contributed by atoms with van der Waals surface area (Å²) < 4.78 is 12.8. The first-order chi connectivity index (χ1) is 19.4. The number of hydrogen-bond acceptors (Lipinski definition) is 5. The van der Waals surface area contributed by atoms with E-state index in [1.807, 2.05) is 12.3 Å². The van der Waals surface area contributed by atoms with Crippen molar-refractivity contribution < 1.29 is 9.47 Å². The molecule has 0 bridgehead atoms. The molecule has 2 unspecified atom stereocenters. The minimum atomic E-state index is -0.672. The lowest BCUT2D eigenvalue weighted by atomic mass is 9.67. The highest BCUT2D eigenvalue weighted by Crippen LogP contribution is 2.51. The summed E-state index contributed by atoms with van der Waals surface area (Å²) in [7, 11) is 1.72. The molecule has 40 heavy (non-hydrogen) atoms. The van der Waals surface area contributed by atoms with E-state index in [4.69, 9.17) is 14.5 Å². The predicted molar refractivity (Wildman–Crippen MR) is 170 cm³/mol. The third kappa shape index (κ3) is 4.27. The molecule has 2 atom stereocenters. The Hall–Kier alpha value is -3.73. The number of benzene rings is 4. The number of nitrogens with one attached hydrogen (secondary N) is 1. The van der Waals surface area contributed by atoms with E-state index in [9.17, 15) is 0 Å². The number of piperidine rings is 1. The lowest BCUT2D eigenvalue weighted by Gasteiger charge is -2.46. The van der Waals surface area contributed by atoms with Gasteiger partial charge >= 0.3 is 0 Å². The van der Waals surface area contributed by atoms with E-state index in [0.717, 1.165) is 54.3 Å². The Balaban J connectivity index is 1.53. The first kappa shape index (κ1) is 26.5. The molecule has 5 nitrogen and oxygen atoms in total. The summed E-state index contributed by atoms with van der Waals surface area (Å²) >= 11 is 0. The minimum absolute atomic E-state index is 0.371. The zero-order valence-corrected chi connectivity index (χ0v) is 24.5. The van der Waals surface area contributed by atoms with Crippen LogP contribution in [0.1, 0.15) is 58.9 Å². The molecule has 0 aliphatic carbocycles. The maximum atomic E-state index is 7.14. The van der Waals surface area contributed by atoms with Gasteiger partial charge in [-0.25, -0.2) is 0 Å². The quantitative estimate of drug-likeness (QED) is 0.241. The molecule has 5 heteroatoms. The fourth-order valence-electron chi connectivity index (χ4n) is 6.62. The summed E-state index contributed by atoms with van der Waals surface area (Å²) in [4.78, 5) is 7.75. The van der Waals surface area contributed by atoms with E-state index in [1.165, 1.54) is 46.7 Å². The van der Waals surface area contributed by atoms with Crippen LogP contribution in [0, 0.1) is 0 Å². The average Bonchev–Trinajstić information content (AvgIpc) is 2.99. The standard InChI is InChI=1S/C35H41N3O2/c1-6-34(3,29-21-26(39-5)15-16-30(29)36-7-2)35(4)23-37-33-28-20-25-14-10-9-13-24(25)19-27(28)31(22-32(33)40-35)38-17-11-8-12-18-38/h9-10,13-16,19-23,36H,6-8,11-12,17-18H2,1-5H3. The van der Waals surface area contributed by atoms with Gasteiger partial charge in [-0.3, -0.25) is 4.99 Å². The number of methoxy groups -OCH3 is 1. The maximum Gasteiger partial charge on any atom is 0.151 e. The normalized spacial score (nSPS) is 20.2. The SMILES string of the molecule is CCNc1ccc(OC)cc1C(C)(CC)C1(C)C=Nc2c(cc(N3CCCCC3)c3cc4ccccc4cc23)O1. The molecule has 0 saturated carbocycles. The van der Waals surface area contributed by atoms with E-state index in [1.54, 1.807) is 7.11 Å². The number of rotatable bonds is 7. The molecule has 4 aromatic rings. The molecule has 208 valence electrons. The fraction of sp³-hybridized carbons (Fsp3) is 0.400. The van der Waals surface area contributed by atoms with E-state index in [-0.39, 0.29) is 5.41 Å². The highest BCUT2D eigenvalue weighted by molar-refractivity contribution is 6.11. The number of ether oxygens (including phenoxy) is 2. The molecule has 2 heterocycles. The van der Waals surface area contributed by atoms with Crippen LogP contribution in [0.5, 0.6) is 11.5 Å². The molecule has 0 radical (unpaired) electrons. The van der Waals surface area contributed by atoms with Gasteiger partial charge in [0.1, 0.15) is 17.2 Å². The van der Waals surface area contributed by atoms with Crippen LogP contribution in [0.3, 0.4) is 0 Å². The van der Waals surface area contributed by atoms with Crippen molar-refractivity contribution in [1.29, 1.82) is 0 Å². The Morgan fingerprint density at radius 1 is 0.975 bits per heavy atom. The van der Waals surface area contributed by atoms with Gasteiger partial charge in [-0.15, -0.1) is 0 Å². The van der Waals surface area contributed by atoms with Crippen LogP contribution < -0.4 is 19.7 Å². The Bertz CT molecular complexity index is 1590. The van der Waals surface area contributed by atoms with Crippen molar-refractivity contribution in [3.05, 3.63) is 66.2 Å². The summed E-state index contributed by atoms with van der Waals surface area (Å²) in [6.07, 6.45) is 6.65. The molecule has 1 saturated heterocycles. The molecule has 1 N–H and O–H groups in total. The molecule has 6 rings (SSSR count). The summed E-state index contributed by atoms with van der Waals surface area (Å²) in [6, 6.07) is 21.8. The van der Waals surface area contributed by atoms with Crippen LogP contribution in [0.25, 0.3) is 21.5 Å². The predicted octanol–water partition coefficient (Wildman–Crippen LogP) is 8.65. The minimum Gasteiger partial charge on any atom is -0.497 e. The van der Waals surface area contributed by atoms with Crippen molar-refractivity contribution in [3.63, 3.8) is 0 Å². The van der Waals surface area contributed by atoms with Crippen molar-refractivity contribution in [3.8, 4) is 11.5 Å². The highest BCUT2D eigenvalue weighted by atomic mass is 16.5. The van der Waals surface area contributed by atoms with E-state index >= 15 is 0 Å². The van der Waals surface area contributed by atoms with E-state index in [2.05, 4.69) is 92.5 Å². The molecule has 1 fully saturated rings. The Morgan fingerprint density at radius 3 is 2.38 bits per heavy atom. The van der Waals surface area contributed by atoms with Crippen LogP contribution in [-0.4, -0.2) is 38.6 Å². The molecule has 2 aliphatic heterocycles. The van der Waals surface area contributed by atoms with Gasteiger partial charge in [0.25, 0.3) is 0 Å². The number of aliphatic imine (C=N–C) groups is 1. The van der Waals surface area contributed by atoms with Crippen molar-refractivity contribution in [1.82, 2.24) is 0 Å². The van der Waals surface area contributed by atoms with Gasteiger partial charge in [0.15, 0.2) is 5.60 Å². The van der Waals surface area contributed by atoms with Crippen LogP contribution in [0.4, 0.5) is 17.1 Å². The van der Waals surface area contributed by atoms with Gasteiger partial charge in [0, 0.05) is 59.5 Å². The monoisotopic (exact) mass is 535 g/mol. The number of hydrogen-bond donors (Lipinski definition) is 1. The zero-order chi connectivity index (χ0) is 27.9. The lowest BCUT2D eigenvalue weighted by molar-refractivity contribution is 0.0740. The molecule has 0 amide bonds. The van der Waals surface area contributed by atoms with Gasteiger partial charge in [-0.2, -0.15) is 0 Å². The summed E-state index contributed by atoms with van der Waals surface area (Å²) in [5.41, 5.74) is 3.42. The van der Waals surface area contributed by atoms with Crippen LogP contribution >= 0.6 is 0 Å². The third-order valence-corrected chi connectivity index (χ3v) is 9.37. The van der Waals surface area contributed by atoms with Crippen LogP contribution in [0.15, 0.2) is 65.7 Å². The van der Waals surface area contributed by atoms with Gasteiger partial charge < -0.3 is 19.7 Å². The van der Waals surface area contributed by atoms with Crippen molar-refractivity contribution >= 4 is 44.8 Å². The second-order valence-electron chi connectivity index (χ2n) is 11.6. The Kier molecular flexibility index (Phi) is 6.85. The first-order valence-electron chi connectivity index (χ1n) is 14.8. The Morgan fingerprint density at radius 2 is 1.70 bits per heavy atom. The molecular formula is C35H41N3O2. The number of anilines is 2. The average molecular weight is 536 g/mol.